The van der Waals surface area contributed by atoms with E-state index in [1.165, 1.54) is 24.0 Å². The number of rotatable bonds is 7. The van der Waals surface area contributed by atoms with E-state index in [9.17, 15) is 13.2 Å². The van der Waals surface area contributed by atoms with Gasteiger partial charge < -0.3 is 5.32 Å². The van der Waals surface area contributed by atoms with Crippen LogP contribution in [0.2, 0.25) is 5.02 Å². The number of fused-ring (bicyclic) bond motifs is 1. The zero-order valence-corrected chi connectivity index (χ0v) is 21.0. The number of aryl methyl sites for hydroxylation is 3. The Labute approximate surface area is 206 Å². The summed E-state index contributed by atoms with van der Waals surface area (Å²) in [6, 6.07) is 19.2. The Morgan fingerprint density at radius 1 is 1.00 bits per heavy atom. The maximum atomic E-state index is 13.5. The molecule has 178 valence electrons. The third-order valence-electron chi connectivity index (χ3n) is 6.24. The zero-order chi connectivity index (χ0) is 24.3. The second kappa shape index (κ2) is 10.2. The molecule has 1 unspecified atom stereocenters. The van der Waals surface area contributed by atoms with Crippen LogP contribution >= 0.6 is 11.6 Å². The molecule has 0 aliphatic heterocycles. The molecule has 0 saturated carbocycles. The average molecular weight is 497 g/mol. The van der Waals surface area contributed by atoms with E-state index < -0.39 is 10.0 Å². The molecular weight excluding hydrogens is 468 g/mol. The van der Waals surface area contributed by atoms with E-state index in [0.717, 1.165) is 28.3 Å². The van der Waals surface area contributed by atoms with E-state index in [1.54, 1.807) is 48.5 Å². The average Bonchev–Trinajstić information content (AvgIpc) is 2.82. The monoisotopic (exact) mass is 496 g/mol. The molecule has 34 heavy (non-hydrogen) atoms. The Kier molecular flexibility index (Phi) is 7.29. The van der Waals surface area contributed by atoms with Crippen molar-refractivity contribution < 1.29 is 13.2 Å². The Morgan fingerprint density at radius 3 is 2.41 bits per heavy atom. The van der Waals surface area contributed by atoms with Crippen LogP contribution in [0, 0.1) is 6.92 Å². The lowest BCUT2D eigenvalue weighted by molar-refractivity contribution is -0.120. The standard InChI is InChI=1S/C27H29ClN2O3S/c1-19-10-14-26(15-11-19)34(32,33)30(25-9-5-8-24(28)17-25)18-27(31)29-20(2)22-13-12-21-6-3-4-7-23(21)16-22/h5,8-17,20H,3-4,6-7,18H2,1-2H3,(H,29,31). The normalized spacial score (nSPS) is 14.2. The molecule has 1 aliphatic carbocycles. The van der Waals surface area contributed by atoms with Crippen molar-refractivity contribution in [2.24, 2.45) is 0 Å². The van der Waals surface area contributed by atoms with Crippen LogP contribution in [0.25, 0.3) is 0 Å². The lowest BCUT2D eigenvalue weighted by atomic mass is 9.89. The van der Waals surface area contributed by atoms with Crippen LogP contribution in [0.15, 0.2) is 71.6 Å². The topological polar surface area (TPSA) is 66.5 Å². The highest BCUT2D eigenvalue weighted by molar-refractivity contribution is 7.92. The predicted molar refractivity (Wildman–Crippen MR) is 137 cm³/mol. The molecule has 0 fully saturated rings. The summed E-state index contributed by atoms with van der Waals surface area (Å²) >= 11 is 6.14. The molecule has 0 aromatic heterocycles. The van der Waals surface area contributed by atoms with Crippen LogP contribution in [0.5, 0.6) is 0 Å². The maximum absolute atomic E-state index is 13.5. The van der Waals surface area contributed by atoms with Crippen molar-refractivity contribution in [2.45, 2.75) is 50.5 Å². The Morgan fingerprint density at radius 2 is 1.71 bits per heavy atom. The van der Waals surface area contributed by atoms with E-state index in [-0.39, 0.29) is 23.4 Å². The molecule has 3 aromatic rings. The van der Waals surface area contributed by atoms with Crippen molar-refractivity contribution in [2.75, 3.05) is 10.8 Å². The summed E-state index contributed by atoms with van der Waals surface area (Å²) in [6.45, 7) is 3.45. The van der Waals surface area contributed by atoms with Crippen LogP contribution in [-0.2, 0) is 27.7 Å². The van der Waals surface area contributed by atoms with E-state index in [0.29, 0.717) is 10.7 Å². The summed E-state index contributed by atoms with van der Waals surface area (Å²) in [5.41, 5.74) is 5.02. The van der Waals surface area contributed by atoms with Crippen LogP contribution < -0.4 is 9.62 Å². The summed E-state index contributed by atoms with van der Waals surface area (Å²) in [4.78, 5) is 13.2. The van der Waals surface area contributed by atoms with Crippen LogP contribution in [0.3, 0.4) is 0 Å². The third-order valence-corrected chi connectivity index (χ3v) is 8.27. The summed E-state index contributed by atoms with van der Waals surface area (Å²) in [7, 11) is -3.98. The van der Waals surface area contributed by atoms with E-state index in [4.69, 9.17) is 11.6 Å². The molecule has 0 radical (unpaired) electrons. The number of hydrogen-bond donors (Lipinski definition) is 1. The van der Waals surface area contributed by atoms with Crippen LogP contribution in [0.4, 0.5) is 5.69 Å². The highest BCUT2D eigenvalue weighted by Crippen LogP contribution is 2.27. The lowest BCUT2D eigenvalue weighted by Gasteiger charge is -2.25. The van der Waals surface area contributed by atoms with E-state index in [1.807, 2.05) is 19.9 Å². The van der Waals surface area contributed by atoms with E-state index >= 15 is 0 Å². The van der Waals surface area contributed by atoms with Gasteiger partial charge in [-0.1, -0.05) is 53.6 Å². The Hall–Kier alpha value is -2.83. The highest BCUT2D eigenvalue weighted by Gasteiger charge is 2.28. The first-order valence-electron chi connectivity index (χ1n) is 11.5. The molecule has 1 aliphatic rings. The summed E-state index contributed by atoms with van der Waals surface area (Å²) < 4.78 is 28.1. The smallest absolute Gasteiger partial charge is 0.264 e. The molecule has 7 heteroatoms. The first kappa shape index (κ1) is 24.3. The second-order valence-electron chi connectivity index (χ2n) is 8.83. The van der Waals surface area contributed by atoms with Crippen LogP contribution in [-0.4, -0.2) is 20.9 Å². The van der Waals surface area contributed by atoms with Gasteiger partial charge in [0.25, 0.3) is 10.0 Å². The van der Waals surface area contributed by atoms with E-state index in [2.05, 4.69) is 17.4 Å². The lowest BCUT2D eigenvalue weighted by Crippen LogP contribution is -2.41. The number of amides is 1. The number of sulfonamides is 1. The molecule has 1 atom stereocenters. The molecule has 4 rings (SSSR count). The van der Waals surface area contributed by atoms with Gasteiger partial charge in [-0.05, 0) is 86.6 Å². The van der Waals surface area contributed by atoms with Gasteiger partial charge in [0.15, 0.2) is 0 Å². The maximum Gasteiger partial charge on any atom is 0.264 e. The molecule has 3 aromatic carbocycles. The molecule has 0 bridgehead atoms. The second-order valence-corrected chi connectivity index (χ2v) is 11.1. The third kappa shape index (κ3) is 5.45. The number of benzene rings is 3. The van der Waals surface area contributed by atoms with Gasteiger partial charge >= 0.3 is 0 Å². The van der Waals surface area contributed by atoms with Gasteiger partial charge in [0.05, 0.1) is 16.6 Å². The molecule has 0 spiro atoms. The fraction of sp³-hybridized carbons (Fsp3) is 0.296. The first-order valence-corrected chi connectivity index (χ1v) is 13.3. The van der Waals surface area contributed by atoms with Crippen molar-refractivity contribution in [1.82, 2.24) is 5.32 Å². The number of carbonyl (C=O) groups is 1. The number of nitrogens with one attached hydrogen (secondary N) is 1. The molecule has 1 N–H and O–H groups in total. The molecular formula is C27H29ClN2O3S. The minimum absolute atomic E-state index is 0.119. The van der Waals surface area contributed by atoms with Crippen molar-refractivity contribution in [3.8, 4) is 0 Å². The fourth-order valence-corrected chi connectivity index (χ4v) is 5.90. The van der Waals surface area contributed by atoms with Gasteiger partial charge in [-0.25, -0.2) is 8.42 Å². The molecule has 1 amide bonds. The Bertz CT molecular complexity index is 1290. The summed E-state index contributed by atoms with van der Waals surface area (Å²) in [6.07, 6.45) is 4.55. The minimum Gasteiger partial charge on any atom is -0.348 e. The minimum atomic E-state index is -3.98. The molecule has 0 heterocycles. The van der Waals surface area contributed by atoms with Gasteiger partial charge in [0.1, 0.15) is 6.54 Å². The SMILES string of the molecule is Cc1ccc(S(=O)(=O)N(CC(=O)NC(C)c2ccc3c(c2)CCCC3)c2cccc(Cl)c2)cc1. The van der Waals surface area contributed by atoms with Gasteiger partial charge in [-0.15, -0.1) is 0 Å². The first-order chi connectivity index (χ1) is 16.2. The van der Waals surface area contributed by atoms with Crippen molar-refractivity contribution in [3.05, 3.63) is 94.0 Å². The Balaban J connectivity index is 1.57. The van der Waals surface area contributed by atoms with Gasteiger partial charge in [-0.3, -0.25) is 9.10 Å². The zero-order valence-electron chi connectivity index (χ0n) is 19.4. The fourth-order valence-electron chi connectivity index (χ4n) is 4.31. The number of anilines is 1. The number of carbonyl (C=O) groups excluding carboxylic acids is 1. The highest BCUT2D eigenvalue weighted by atomic mass is 35.5. The molecule has 5 nitrogen and oxygen atoms in total. The van der Waals surface area contributed by atoms with Gasteiger partial charge in [0.2, 0.25) is 5.91 Å². The van der Waals surface area contributed by atoms with Crippen molar-refractivity contribution >= 4 is 33.2 Å². The van der Waals surface area contributed by atoms with Crippen LogP contribution in [0.1, 0.15) is 48.1 Å². The van der Waals surface area contributed by atoms with Gasteiger partial charge in [0, 0.05) is 5.02 Å². The predicted octanol–water partition coefficient (Wildman–Crippen LogP) is 5.60. The van der Waals surface area contributed by atoms with Crippen molar-refractivity contribution in [3.63, 3.8) is 0 Å². The van der Waals surface area contributed by atoms with Crippen molar-refractivity contribution in [1.29, 1.82) is 0 Å². The summed E-state index contributed by atoms with van der Waals surface area (Å²) in [5, 5.41) is 3.37. The number of halogens is 1. The number of nitrogens with zero attached hydrogens (tertiary/aromatic N) is 1. The number of hydrogen-bond acceptors (Lipinski definition) is 3. The quantitative estimate of drug-likeness (QED) is 0.463. The largest absolute Gasteiger partial charge is 0.348 e. The molecule has 0 saturated heterocycles. The summed E-state index contributed by atoms with van der Waals surface area (Å²) in [5.74, 6) is -0.388. The van der Waals surface area contributed by atoms with Gasteiger partial charge in [-0.2, -0.15) is 0 Å².